The van der Waals surface area contributed by atoms with Gasteiger partial charge in [0.25, 0.3) is 0 Å². The van der Waals surface area contributed by atoms with Gasteiger partial charge in [0.1, 0.15) is 0 Å². The zero-order valence-electron chi connectivity index (χ0n) is 14.8. The van der Waals surface area contributed by atoms with Crippen LogP contribution in [0.3, 0.4) is 0 Å². The van der Waals surface area contributed by atoms with Gasteiger partial charge >= 0.3 is 0 Å². The van der Waals surface area contributed by atoms with Crippen LogP contribution in [-0.4, -0.2) is 15.6 Å². The van der Waals surface area contributed by atoms with Gasteiger partial charge in [-0.3, -0.25) is 0 Å². The van der Waals surface area contributed by atoms with Gasteiger partial charge in [-0.1, -0.05) is 66.2 Å². The molecule has 3 rings (SSSR count). The molecule has 134 valence electrons. The summed E-state index contributed by atoms with van der Waals surface area (Å²) >= 11 is 1.57. The van der Waals surface area contributed by atoms with Gasteiger partial charge in [-0.15, -0.1) is 0 Å². The van der Waals surface area contributed by atoms with E-state index in [1.54, 1.807) is 11.8 Å². The van der Waals surface area contributed by atoms with E-state index >= 15 is 0 Å². The summed E-state index contributed by atoms with van der Waals surface area (Å²) in [6.07, 6.45) is 1.31. The first-order valence-electron chi connectivity index (χ1n) is 8.45. The molecule has 3 aromatic carbocycles. The molecule has 0 aromatic heterocycles. The Labute approximate surface area is 161 Å². The normalized spacial score (nSPS) is 14.6. The molecule has 0 spiro atoms. The summed E-state index contributed by atoms with van der Waals surface area (Å²) in [5, 5.41) is 10.7. The van der Waals surface area contributed by atoms with Crippen molar-refractivity contribution < 1.29 is 9.32 Å². The van der Waals surface area contributed by atoms with E-state index < -0.39 is 16.9 Å². The lowest BCUT2D eigenvalue weighted by molar-refractivity contribution is 0.174. The molecule has 2 nitrogen and oxygen atoms in total. The highest BCUT2D eigenvalue weighted by Gasteiger charge is 2.26. The van der Waals surface area contributed by atoms with Crippen LogP contribution >= 0.6 is 11.8 Å². The Morgan fingerprint density at radius 1 is 0.885 bits per heavy atom. The Hall–Kier alpha value is -1.88. The number of benzene rings is 3. The van der Waals surface area contributed by atoms with Gasteiger partial charge in [-0.05, 0) is 42.5 Å². The summed E-state index contributed by atoms with van der Waals surface area (Å²) in [4.78, 5) is 1.53. The van der Waals surface area contributed by atoms with Crippen molar-refractivity contribution in [2.45, 2.75) is 28.1 Å². The Morgan fingerprint density at radius 3 is 2.15 bits per heavy atom. The van der Waals surface area contributed by atoms with Crippen molar-refractivity contribution in [1.82, 2.24) is 0 Å². The molecule has 0 saturated carbocycles. The van der Waals surface area contributed by atoms with Crippen LogP contribution in [0.1, 0.15) is 28.0 Å². The molecule has 0 bridgehead atoms. The molecule has 26 heavy (non-hydrogen) atoms. The summed E-state index contributed by atoms with van der Waals surface area (Å²) in [5.41, 5.74) is 2.92. The first-order valence-corrected chi connectivity index (χ1v) is 10.9. The highest BCUT2D eigenvalue weighted by Crippen LogP contribution is 2.41. The van der Waals surface area contributed by atoms with Crippen molar-refractivity contribution in [2.24, 2.45) is 0 Å². The maximum Gasteiger partial charge on any atom is 0.0949 e. The minimum Gasteiger partial charge on any atom is -0.387 e. The van der Waals surface area contributed by atoms with Crippen LogP contribution in [0.5, 0.6) is 0 Å². The first kappa shape index (κ1) is 18.9. The van der Waals surface area contributed by atoms with Crippen LogP contribution in [0.4, 0.5) is 0 Å². The number of hydrogen-bond acceptors (Lipinski definition) is 3. The number of aryl methyl sites for hydroxylation is 1. The topological polar surface area (TPSA) is 37.3 Å². The van der Waals surface area contributed by atoms with Crippen molar-refractivity contribution in [2.75, 3.05) is 6.26 Å². The lowest BCUT2D eigenvalue weighted by Crippen LogP contribution is -2.10. The number of rotatable bonds is 6. The fraction of sp³-hybridized carbons (Fsp3) is 0.182. The molecule has 1 unspecified atom stereocenters. The van der Waals surface area contributed by atoms with Gasteiger partial charge in [-0.2, -0.15) is 11.8 Å². The lowest BCUT2D eigenvalue weighted by Gasteiger charge is -2.24. The Balaban J connectivity index is 1.99. The molecule has 0 fully saturated rings. The van der Waals surface area contributed by atoms with Gasteiger partial charge in [0.15, 0.2) is 0 Å². The molecule has 3 atom stereocenters. The molecular formula is C22H22O2S2. The monoisotopic (exact) mass is 382 g/mol. The van der Waals surface area contributed by atoms with Crippen LogP contribution in [0.2, 0.25) is 0 Å². The van der Waals surface area contributed by atoms with Crippen LogP contribution in [0, 0.1) is 6.92 Å². The minimum atomic E-state index is -1.29. The SMILES string of the molecule is CS[C@@H](c1ccccc1[S@@](=O)c1ccc(C)cc1)C(O)c1ccccc1. The molecule has 1 N–H and O–H groups in total. The van der Waals surface area contributed by atoms with Crippen molar-refractivity contribution in [1.29, 1.82) is 0 Å². The molecule has 0 saturated heterocycles. The van der Waals surface area contributed by atoms with Crippen molar-refractivity contribution in [3.8, 4) is 0 Å². The summed E-state index contributed by atoms with van der Waals surface area (Å²) in [6, 6.07) is 25.1. The first-order chi connectivity index (χ1) is 12.6. The van der Waals surface area contributed by atoms with Crippen molar-refractivity contribution in [3.05, 3.63) is 95.6 Å². The zero-order valence-corrected chi connectivity index (χ0v) is 16.5. The fourth-order valence-corrected chi connectivity index (χ4v) is 5.12. The van der Waals surface area contributed by atoms with E-state index in [0.717, 1.165) is 26.5 Å². The average Bonchev–Trinajstić information content (AvgIpc) is 2.69. The number of aliphatic hydroxyl groups is 1. The average molecular weight is 383 g/mol. The van der Waals surface area contributed by atoms with Crippen molar-refractivity contribution >= 4 is 22.6 Å². The van der Waals surface area contributed by atoms with Gasteiger partial charge in [-0.25, -0.2) is 4.21 Å². The quantitative estimate of drug-likeness (QED) is 0.629. The van der Waals surface area contributed by atoms with E-state index in [-0.39, 0.29) is 5.25 Å². The number of aliphatic hydroxyl groups excluding tert-OH is 1. The van der Waals surface area contributed by atoms with E-state index in [9.17, 15) is 9.32 Å². The third kappa shape index (κ3) is 4.09. The number of thioether (sulfide) groups is 1. The lowest BCUT2D eigenvalue weighted by atomic mass is 10.0. The molecular weight excluding hydrogens is 360 g/mol. The van der Waals surface area contributed by atoms with Gasteiger partial charge in [0, 0.05) is 9.79 Å². The van der Waals surface area contributed by atoms with Crippen LogP contribution < -0.4 is 0 Å². The maximum atomic E-state index is 13.2. The van der Waals surface area contributed by atoms with E-state index in [0.29, 0.717) is 0 Å². The van der Waals surface area contributed by atoms with Crippen molar-refractivity contribution in [3.63, 3.8) is 0 Å². The second-order valence-corrected chi connectivity index (χ2v) is 8.56. The summed E-state index contributed by atoms with van der Waals surface area (Å²) in [6.45, 7) is 2.01. The van der Waals surface area contributed by atoms with Crippen LogP contribution in [0.25, 0.3) is 0 Å². The van der Waals surface area contributed by atoms with Gasteiger partial charge in [0.05, 0.1) is 22.2 Å². The maximum absolute atomic E-state index is 13.2. The molecule has 0 amide bonds. The molecule has 0 heterocycles. The predicted molar refractivity (Wildman–Crippen MR) is 110 cm³/mol. The Kier molecular flexibility index (Phi) is 6.30. The Morgan fingerprint density at radius 2 is 1.50 bits per heavy atom. The third-order valence-electron chi connectivity index (χ3n) is 4.34. The molecule has 3 aromatic rings. The predicted octanol–water partition coefficient (Wildman–Crippen LogP) is 5.30. The largest absolute Gasteiger partial charge is 0.387 e. The molecule has 0 aliphatic heterocycles. The van der Waals surface area contributed by atoms with E-state index in [1.165, 1.54) is 0 Å². The highest BCUT2D eigenvalue weighted by molar-refractivity contribution is 7.98. The molecule has 0 aliphatic carbocycles. The van der Waals surface area contributed by atoms with Crippen LogP contribution in [0.15, 0.2) is 88.7 Å². The molecule has 0 radical (unpaired) electrons. The van der Waals surface area contributed by atoms with Gasteiger partial charge in [0.2, 0.25) is 0 Å². The van der Waals surface area contributed by atoms with Gasteiger partial charge < -0.3 is 5.11 Å². The summed E-state index contributed by atoms with van der Waals surface area (Å²) in [7, 11) is -1.29. The number of hydrogen-bond donors (Lipinski definition) is 1. The zero-order chi connectivity index (χ0) is 18.5. The van der Waals surface area contributed by atoms with E-state index in [4.69, 9.17) is 0 Å². The molecule has 4 heteroatoms. The highest BCUT2D eigenvalue weighted by atomic mass is 32.2. The second kappa shape index (κ2) is 8.67. The minimum absolute atomic E-state index is 0.192. The molecule has 0 aliphatic rings. The summed E-state index contributed by atoms with van der Waals surface area (Å²) < 4.78 is 13.2. The smallest absolute Gasteiger partial charge is 0.0949 e. The van der Waals surface area contributed by atoms with E-state index in [1.807, 2.05) is 92.0 Å². The second-order valence-electron chi connectivity index (χ2n) is 6.13. The summed E-state index contributed by atoms with van der Waals surface area (Å²) in [5.74, 6) is 0. The van der Waals surface area contributed by atoms with E-state index in [2.05, 4.69) is 0 Å². The fourth-order valence-electron chi connectivity index (χ4n) is 2.92. The third-order valence-corrected chi connectivity index (χ3v) is 6.83. The van der Waals surface area contributed by atoms with Crippen LogP contribution in [-0.2, 0) is 10.8 Å². The standard InChI is InChI=1S/C22H22O2S2/c1-16-12-14-18(15-13-16)26(24)20-11-7-6-10-19(20)22(25-2)21(23)17-8-4-3-5-9-17/h3-15,21-23H,1-2H3/t21?,22-,26-/m0/s1. The Bertz CT molecular complexity index is 876.